The molecule has 0 aromatic heterocycles. The number of nitrogens with two attached hydrogens (primary N) is 1. The molecule has 0 aliphatic heterocycles. The van der Waals surface area contributed by atoms with E-state index in [1.807, 2.05) is 0 Å². The highest BCUT2D eigenvalue weighted by Crippen LogP contribution is 2.30. The average Bonchev–Trinajstić information content (AvgIpc) is 2.27. The second-order valence-electron chi connectivity index (χ2n) is 4.59. The van der Waals surface area contributed by atoms with Gasteiger partial charge in [-0.2, -0.15) is 0 Å². The fraction of sp³-hybridized carbons (Fsp3) is 1.00. The van der Waals surface area contributed by atoms with Crippen molar-refractivity contribution in [2.24, 2.45) is 17.6 Å². The molecule has 0 bridgehead atoms. The number of hydrogen-bond acceptors (Lipinski definition) is 3. The fourth-order valence-corrected chi connectivity index (χ4v) is 3.74. The Labute approximate surface area is 93.3 Å². The zero-order chi connectivity index (χ0) is 11.3. The van der Waals surface area contributed by atoms with Crippen molar-refractivity contribution in [2.75, 3.05) is 18.1 Å². The maximum atomic E-state index is 11.6. The summed E-state index contributed by atoms with van der Waals surface area (Å²) in [4.78, 5) is 0. The van der Waals surface area contributed by atoms with Crippen LogP contribution < -0.4 is 5.73 Å². The highest BCUT2D eigenvalue weighted by molar-refractivity contribution is 7.91. The maximum absolute atomic E-state index is 11.6. The molecule has 0 aromatic carbocycles. The third-order valence-corrected chi connectivity index (χ3v) is 5.34. The van der Waals surface area contributed by atoms with E-state index in [0.717, 1.165) is 0 Å². The summed E-state index contributed by atoms with van der Waals surface area (Å²) in [5.41, 5.74) is 5.70. The van der Waals surface area contributed by atoms with E-state index in [2.05, 4.69) is 0 Å². The first-order valence-corrected chi connectivity index (χ1v) is 7.81. The minimum Gasteiger partial charge on any atom is -0.330 e. The lowest BCUT2D eigenvalue weighted by Crippen LogP contribution is -2.32. The van der Waals surface area contributed by atoms with E-state index in [1.165, 1.54) is 32.1 Å². The van der Waals surface area contributed by atoms with Gasteiger partial charge in [-0.1, -0.05) is 39.0 Å². The predicted molar refractivity (Wildman–Crippen MR) is 63.4 cm³/mol. The number of rotatable bonds is 5. The molecule has 1 saturated carbocycles. The van der Waals surface area contributed by atoms with Gasteiger partial charge in [-0.05, 0) is 18.4 Å². The van der Waals surface area contributed by atoms with Crippen molar-refractivity contribution >= 4 is 9.84 Å². The zero-order valence-electron chi connectivity index (χ0n) is 9.61. The molecule has 0 spiro atoms. The van der Waals surface area contributed by atoms with Crippen LogP contribution in [0.15, 0.2) is 0 Å². The summed E-state index contributed by atoms with van der Waals surface area (Å²) in [6.07, 6.45) is 6.12. The van der Waals surface area contributed by atoms with E-state index in [-0.39, 0.29) is 11.7 Å². The SMILES string of the molecule is CCS(=O)(=O)C[C@@H](CN)C1CCCCC1. The molecule has 1 fully saturated rings. The van der Waals surface area contributed by atoms with Gasteiger partial charge in [0.15, 0.2) is 0 Å². The molecule has 0 amide bonds. The van der Waals surface area contributed by atoms with Crippen LogP contribution in [0.2, 0.25) is 0 Å². The fourth-order valence-electron chi connectivity index (χ4n) is 2.45. The van der Waals surface area contributed by atoms with Gasteiger partial charge in [-0.3, -0.25) is 0 Å². The first kappa shape index (κ1) is 13.0. The van der Waals surface area contributed by atoms with Crippen molar-refractivity contribution in [3.05, 3.63) is 0 Å². The first-order valence-electron chi connectivity index (χ1n) is 5.99. The summed E-state index contributed by atoms with van der Waals surface area (Å²) in [6.45, 7) is 2.23. The van der Waals surface area contributed by atoms with Crippen LogP contribution in [-0.2, 0) is 9.84 Å². The van der Waals surface area contributed by atoms with Crippen LogP contribution in [0.3, 0.4) is 0 Å². The van der Waals surface area contributed by atoms with Gasteiger partial charge in [-0.25, -0.2) is 8.42 Å². The molecule has 0 aromatic rings. The standard InChI is InChI=1S/C11H23NO2S/c1-2-15(13,14)9-11(8-12)10-6-4-3-5-7-10/h10-11H,2-9,12H2,1H3/t11-/m1/s1. The van der Waals surface area contributed by atoms with Crippen molar-refractivity contribution in [1.29, 1.82) is 0 Å². The van der Waals surface area contributed by atoms with Crippen LogP contribution in [0.25, 0.3) is 0 Å². The Kier molecular flexibility index (Phi) is 5.06. The molecule has 3 nitrogen and oxygen atoms in total. The lowest BCUT2D eigenvalue weighted by Gasteiger charge is -2.29. The molecule has 4 heteroatoms. The molecular formula is C11H23NO2S. The van der Waals surface area contributed by atoms with Gasteiger partial charge in [0.05, 0.1) is 5.75 Å². The van der Waals surface area contributed by atoms with Crippen LogP contribution in [-0.4, -0.2) is 26.5 Å². The van der Waals surface area contributed by atoms with E-state index in [4.69, 9.17) is 5.73 Å². The van der Waals surface area contributed by atoms with E-state index in [9.17, 15) is 8.42 Å². The monoisotopic (exact) mass is 233 g/mol. The highest BCUT2D eigenvalue weighted by Gasteiger charge is 2.26. The molecule has 1 atom stereocenters. The summed E-state index contributed by atoms with van der Waals surface area (Å²) in [5, 5.41) is 0. The van der Waals surface area contributed by atoms with Gasteiger partial charge in [-0.15, -0.1) is 0 Å². The summed E-state index contributed by atoms with van der Waals surface area (Å²) in [5.74, 6) is 1.28. The molecule has 2 N–H and O–H groups in total. The van der Waals surface area contributed by atoms with Crippen molar-refractivity contribution in [1.82, 2.24) is 0 Å². The average molecular weight is 233 g/mol. The molecule has 0 unspecified atom stereocenters. The quantitative estimate of drug-likeness (QED) is 0.784. The van der Waals surface area contributed by atoms with E-state index in [1.54, 1.807) is 6.92 Å². The Hall–Kier alpha value is -0.0900. The summed E-state index contributed by atoms with van der Waals surface area (Å²) < 4.78 is 23.1. The normalized spacial score (nSPS) is 21.5. The minimum atomic E-state index is -2.86. The van der Waals surface area contributed by atoms with Crippen LogP contribution in [0.1, 0.15) is 39.0 Å². The Morgan fingerprint density at radius 2 is 1.87 bits per heavy atom. The Morgan fingerprint density at radius 1 is 1.27 bits per heavy atom. The minimum absolute atomic E-state index is 0.190. The first-order chi connectivity index (χ1) is 7.09. The molecule has 1 aliphatic rings. The molecule has 0 radical (unpaired) electrons. The third-order valence-electron chi connectivity index (χ3n) is 3.53. The molecule has 1 rings (SSSR count). The van der Waals surface area contributed by atoms with Crippen molar-refractivity contribution in [3.8, 4) is 0 Å². The van der Waals surface area contributed by atoms with Crippen molar-refractivity contribution < 1.29 is 8.42 Å². The van der Waals surface area contributed by atoms with Crippen molar-refractivity contribution in [3.63, 3.8) is 0 Å². The molecule has 90 valence electrons. The highest BCUT2D eigenvalue weighted by atomic mass is 32.2. The molecular weight excluding hydrogens is 210 g/mol. The molecule has 0 heterocycles. The Morgan fingerprint density at radius 3 is 2.33 bits per heavy atom. The predicted octanol–water partition coefficient (Wildman–Crippen LogP) is 1.58. The molecule has 15 heavy (non-hydrogen) atoms. The van der Waals surface area contributed by atoms with Gasteiger partial charge in [0.1, 0.15) is 9.84 Å². The second-order valence-corrected chi connectivity index (χ2v) is 6.99. The van der Waals surface area contributed by atoms with Gasteiger partial charge in [0.2, 0.25) is 0 Å². The van der Waals surface area contributed by atoms with E-state index < -0.39 is 9.84 Å². The van der Waals surface area contributed by atoms with Gasteiger partial charge >= 0.3 is 0 Å². The Balaban J connectivity index is 2.54. The van der Waals surface area contributed by atoms with Crippen LogP contribution in [0.5, 0.6) is 0 Å². The van der Waals surface area contributed by atoms with E-state index in [0.29, 0.717) is 18.2 Å². The zero-order valence-corrected chi connectivity index (χ0v) is 10.4. The topological polar surface area (TPSA) is 60.2 Å². The van der Waals surface area contributed by atoms with Gasteiger partial charge < -0.3 is 5.73 Å². The largest absolute Gasteiger partial charge is 0.330 e. The maximum Gasteiger partial charge on any atom is 0.150 e. The summed E-state index contributed by atoms with van der Waals surface area (Å²) >= 11 is 0. The third kappa shape index (κ3) is 4.11. The van der Waals surface area contributed by atoms with E-state index >= 15 is 0 Å². The van der Waals surface area contributed by atoms with Crippen molar-refractivity contribution in [2.45, 2.75) is 39.0 Å². The van der Waals surface area contributed by atoms with Crippen LogP contribution >= 0.6 is 0 Å². The van der Waals surface area contributed by atoms with Gasteiger partial charge in [0.25, 0.3) is 0 Å². The summed E-state index contributed by atoms with van der Waals surface area (Å²) in [7, 11) is -2.86. The van der Waals surface area contributed by atoms with Gasteiger partial charge in [0, 0.05) is 5.75 Å². The number of hydrogen-bond donors (Lipinski definition) is 1. The lowest BCUT2D eigenvalue weighted by atomic mass is 9.81. The smallest absolute Gasteiger partial charge is 0.150 e. The number of sulfone groups is 1. The lowest BCUT2D eigenvalue weighted by molar-refractivity contribution is 0.270. The second kappa shape index (κ2) is 5.85. The van der Waals surface area contributed by atoms with Crippen LogP contribution in [0.4, 0.5) is 0 Å². The van der Waals surface area contributed by atoms with Crippen LogP contribution in [0, 0.1) is 11.8 Å². The Bertz CT molecular complexity index is 268. The molecule has 1 aliphatic carbocycles. The molecule has 0 saturated heterocycles. The summed E-state index contributed by atoms with van der Waals surface area (Å²) in [6, 6.07) is 0.